The largest absolute Gasteiger partial charge is 0.459 e. The Balaban J connectivity index is 2.04. The van der Waals surface area contributed by atoms with Gasteiger partial charge in [0.25, 0.3) is 0 Å². The SMILES string of the molecule is CCCNC(c1cc2ccccc2o1)c1ccccc1C. The molecule has 0 radical (unpaired) electrons. The second-order valence-corrected chi connectivity index (χ2v) is 5.43. The van der Waals surface area contributed by atoms with Crippen molar-refractivity contribution in [3.05, 3.63) is 71.5 Å². The van der Waals surface area contributed by atoms with Crippen LogP contribution < -0.4 is 5.32 Å². The summed E-state index contributed by atoms with van der Waals surface area (Å²) in [4.78, 5) is 0. The van der Waals surface area contributed by atoms with Gasteiger partial charge in [0.15, 0.2) is 0 Å². The number of aryl methyl sites for hydroxylation is 1. The average Bonchev–Trinajstić information content (AvgIpc) is 2.93. The number of hydrogen-bond acceptors (Lipinski definition) is 2. The van der Waals surface area contributed by atoms with E-state index in [1.807, 2.05) is 18.2 Å². The van der Waals surface area contributed by atoms with Crippen molar-refractivity contribution in [2.45, 2.75) is 26.3 Å². The molecule has 0 amide bonds. The Morgan fingerprint density at radius 2 is 1.81 bits per heavy atom. The van der Waals surface area contributed by atoms with Crippen LogP contribution in [0.5, 0.6) is 0 Å². The van der Waals surface area contributed by atoms with E-state index >= 15 is 0 Å². The van der Waals surface area contributed by atoms with Crippen molar-refractivity contribution < 1.29 is 4.42 Å². The van der Waals surface area contributed by atoms with E-state index in [0.29, 0.717) is 0 Å². The fraction of sp³-hybridized carbons (Fsp3) is 0.263. The first kappa shape index (κ1) is 13.9. The molecule has 0 saturated heterocycles. The van der Waals surface area contributed by atoms with Crippen molar-refractivity contribution in [3.63, 3.8) is 0 Å². The summed E-state index contributed by atoms with van der Waals surface area (Å²) in [6.07, 6.45) is 1.10. The van der Waals surface area contributed by atoms with Crippen LogP contribution in [0.25, 0.3) is 11.0 Å². The molecule has 108 valence electrons. The van der Waals surface area contributed by atoms with Crippen LogP contribution in [0, 0.1) is 6.92 Å². The third-order valence-corrected chi connectivity index (χ3v) is 3.83. The van der Waals surface area contributed by atoms with E-state index in [4.69, 9.17) is 4.42 Å². The molecule has 2 heteroatoms. The second kappa shape index (κ2) is 6.15. The highest BCUT2D eigenvalue weighted by Gasteiger charge is 2.19. The third-order valence-electron chi connectivity index (χ3n) is 3.83. The van der Waals surface area contributed by atoms with Gasteiger partial charge in [-0.15, -0.1) is 0 Å². The zero-order chi connectivity index (χ0) is 14.7. The van der Waals surface area contributed by atoms with Gasteiger partial charge in [0, 0.05) is 5.39 Å². The van der Waals surface area contributed by atoms with Gasteiger partial charge in [-0.2, -0.15) is 0 Å². The molecule has 0 aliphatic heterocycles. The molecule has 0 spiro atoms. The molecule has 3 aromatic rings. The lowest BCUT2D eigenvalue weighted by Gasteiger charge is -2.18. The van der Waals surface area contributed by atoms with Crippen LogP contribution in [-0.4, -0.2) is 6.54 Å². The molecule has 1 unspecified atom stereocenters. The topological polar surface area (TPSA) is 25.2 Å². The molecule has 0 aliphatic carbocycles. The summed E-state index contributed by atoms with van der Waals surface area (Å²) in [5.41, 5.74) is 3.51. The van der Waals surface area contributed by atoms with E-state index in [-0.39, 0.29) is 6.04 Å². The van der Waals surface area contributed by atoms with Crippen molar-refractivity contribution in [1.29, 1.82) is 0 Å². The van der Waals surface area contributed by atoms with E-state index in [1.165, 1.54) is 11.1 Å². The number of fused-ring (bicyclic) bond motifs is 1. The Kier molecular flexibility index (Phi) is 4.07. The summed E-state index contributed by atoms with van der Waals surface area (Å²) in [5, 5.41) is 4.77. The maximum Gasteiger partial charge on any atom is 0.134 e. The molecule has 0 bridgehead atoms. The normalized spacial score (nSPS) is 12.7. The highest BCUT2D eigenvalue weighted by molar-refractivity contribution is 5.78. The summed E-state index contributed by atoms with van der Waals surface area (Å²) < 4.78 is 6.07. The summed E-state index contributed by atoms with van der Waals surface area (Å²) >= 11 is 0. The maximum absolute atomic E-state index is 6.07. The predicted octanol–water partition coefficient (Wildman–Crippen LogP) is 4.83. The molecule has 1 atom stereocenters. The Hall–Kier alpha value is -2.06. The zero-order valence-electron chi connectivity index (χ0n) is 12.6. The molecule has 2 nitrogen and oxygen atoms in total. The molecule has 0 aliphatic rings. The van der Waals surface area contributed by atoms with Gasteiger partial charge < -0.3 is 9.73 Å². The third kappa shape index (κ3) is 2.86. The van der Waals surface area contributed by atoms with Crippen molar-refractivity contribution in [3.8, 4) is 0 Å². The summed E-state index contributed by atoms with van der Waals surface area (Å²) in [6.45, 7) is 5.30. The standard InChI is InChI=1S/C19H21NO/c1-3-12-20-19(16-10-6-4-8-14(16)2)18-13-15-9-5-7-11-17(15)21-18/h4-11,13,19-20H,3,12H2,1-2H3. The molecule has 2 aromatic carbocycles. The van der Waals surface area contributed by atoms with E-state index in [0.717, 1.165) is 29.7 Å². The van der Waals surface area contributed by atoms with Crippen LogP contribution >= 0.6 is 0 Å². The molecule has 3 rings (SSSR count). The number of nitrogens with one attached hydrogen (secondary N) is 1. The number of furan rings is 1. The number of rotatable bonds is 5. The van der Waals surface area contributed by atoms with E-state index in [2.05, 4.69) is 55.6 Å². The van der Waals surface area contributed by atoms with Crippen LogP contribution in [0.4, 0.5) is 0 Å². The van der Waals surface area contributed by atoms with Gasteiger partial charge >= 0.3 is 0 Å². The van der Waals surface area contributed by atoms with Gasteiger partial charge in [0.1, 0.15) is 11.3 Å². The molecular weight excluding hydrogens is 258 g/mol. The van der Waals surface area contributed by atoms with Crippen molar-refractivity contribution >= 4 is 11.0 Å². The molecule has 0 saturated carbocycles. The monoisotopic (exact) mass is 279 g/mol. The van der Waals surface area contributed by atoms with Gasteiger partial charge in [-0.05, 0) is 43.1 Å². The fourth-order valence-electron chi connectivity index (χ4n) is 2.71. The molecule has 21 heavy (non-hydrogen) atoms. The summed E-state index contributed by atoms with van der Waals surface area (Å²) in [7, 11) is 0. The Morgan fingerprint density at radius 1 is 1.05 bits per heavy atom. The number of benzene rings is 2. The van der Waals surface area contributed by atoms with Crippen LogP contribution in [0.2, 0.25) is 0 Å². The van der Waals surface area contributed by atoms with Crippen LogP contribution in [0.1, 0.15) is 36.3 Å². The highest BCUT2D eigenvalue weighted by atomic mass is 16.3. The van der Waals surface area contributed by atoms with Crippen LogP contribution in [-0.2, 0) is 0 Å². The van der Waals surface area contributed by atoms with Crippen LogP contribution in [0.15, 0.2) is 59.0 Å². The lowest BCUT2D eigenvalue weighted by atomic mass is 9.99. The molecule has 1 heterocycles. The highest BCUT2D eigenvalue weighted by Crippen LogP contribution is 2.29. The zero-order valence-corrected chi connectivity index (χ0v) is 12.6. The predicted molar refractivity (Wildman–Crippen MR) is 87.5 cm³/mol. The average molecular weight is 279 g/mol. The van der Waals surface area contributed by atoms with Crippen molar-refractivity contribution in [1.82, 2.24) is 5.32 Å². The lowest BCUT2D eigenvalue weighted by Crippen LogP contribution is -2.23. The van der Waals surface area contributed by atoms with Gasteiger partial charge in [0.2, 0.25) is 0 Å². The Morgan fingerprint density at radius 3 is 2.57 bits per heavy atom. The quantitative estimate of drug-likeness (QED) is 0.723. The summed E-state index contributed by atoms with van der Waals surface area (Å²) in [6, 6.07) is 18.9. The Bertz CT molecular complexity index is 696. The maximum atomic E-state index is 6.07. The van der Waals surface area contributed by atoms with Crippen molar-refractivity contribution in [2.75, 3.05) is 6.54 Å². The minimum atomic E-state index is 0.110. The number of hydrogen-bond donors (Lipinski definition) is 1. The Labute approximate surface area is 125 Å². The van der Waals surface area contributed by atoms with Gasteiger partial charge in [-0.1, -0.05) is 49.4 Å². The van der Waals surface area contributed by atoms with E-state index in [1.54, 1.807) is 0 Å². The molecule has 1 aromatic heterocycles. The van der Waals surface area contributed by atoms with E-state index in [9.17, 15) is 0 Å². The summed E-state index contributed by atoms with van der Waals surface area (Å²) in [5.74, 6) is 0.985. The molecule has 0 fully saturated rings. The van der Waals surface area contributed by atoms with Gasteiger partial charge in [-0.3, -0.25) is 0 Å². The van der Waals surface area contributed by atoms with E-state index < -0.39 is 0 Å². The minimum Gasteiger partial charge on any atom is -0.459 e. The van der Waals surface area contributed by atoms with Crippen molar-refractivity contribution in [2.24, 2.45) is 0 Å². The smallest absolute Gasteiger partial charge is 0.134 e. The van der Waals surface area contributed by atoms with Gasteiger partial charge in [0.05, 0.1) is 6.04 Å². The second-order valence-electron chi connectivity index (χ2n) is 5.43. The van der Waals surface area contributed by atoms with Crippen LogP contribution in [0.3, 0.4) is 0 Å². The number of para-hydroxylation sites is 1. The molecular formula is C19H21NO. The fourth-order valence-corrected chi connectivity index (χ4v) is 2.71. The minimum absolute atomic E-state index is 0.110. The first-order valence-corrected chi connectivity index (χ1v) is 7.57. The first-order chi connectivity index (χ1) is 10.3. The first-order valence-electron chi connectivity index (χ1n) is 7.57. The van der Waals surface area contributed by atoms with Gasteiger partial charge in [-0.25, -0.2) is 0 Å². The molecule has 1 N–H and O–H groups in total. The lowest BCUT2D eigenvalue weighted by molar-refractivity contribution is 0.468.